The van der Waals surface area contributed by atoms with E-state index < -0.39 is 36.3 Å². The first kappa shape index (κ1) is 22.2. The van der Waals surface area contributed by atoms with Crippen LogP contribution < -0.4 is 5.73 Å². The minimum atomic E-state index is -4.90. The Morgan fingerprint density at radius 1 is 0.821 bits per heavy atom. The molecule has 0 saturated heterocycles. The van der Waals surface area contributed by atoms with E-state index in [2.05, 4.69) is 0 Å². The van der Waals surface area contributed by atoms with E-state index >= 15 is 0 Å². The van der Waals surface area contributed by atoms with Crippen LogP contribution >= 0.6 is 0 Å². The van der Waals surface area contributed by atoms with E-state index in [1.807, 2.05) is 44.2 Å². The van der Waals surface area contributed by atoms with Crippen molar-refractivity contribution in [3.63, 3.8) is 0 Å². The highest BCUT2D eigenvalue weighted by Crippen LogP contribution is 2.36. The summed E-state index contributed by atoms with van der Waals surface area (Å²) in [4.78, 5) is 0. The highest BCUT2D eigenvalue weighted by molar-refractivity contribution is 5.33. The van der Waals surface area contributed by atoms with Gasteiger partial charge in [0.15, 0.2) is 0 Å². The van der Waals surface area contributed by atoms with Crippen LogP contribution in [0.3, 0.4) is 0 Å². The second kappa shape index (κ2) is 8.13. The summed E-state index contributed by atoms with van der Waals surface area (Å²) in [6.45, 7) is 3.40. The van der Waals surface area contributed by atoms with Crippen molar-refractivity contribution in [1.29, 1.82) is 0 Å². The molecule has 0 amide bonds. The van der Waals surface area contributed by atoms with E-state index in [1.54, 1.807) is 0 Å². The van der Waals surface area contributed by atoms with Gasteiger partial charge in [0.25, 0.3) is 0 Å². The minimum Gasteiger partial charge on any atom is -0.359 e. The maximum Gasteiger partial charge on any atom is 0.416 e. The van der Waals surface area contributed by atoms with Crippen LogP contribution in [0, 0.1) is 0 Å². The topological polar surface area (TPSA) is 35.2 Å². The highest BCUT2D eigenvalue weighted by Gasteiger charge is 2.37. The Morgan fingerprint density at radius 3 is 1.79 bits per heavy atom. The summed E-state index contributed by atoms with van der Waals surface area (Å²) in [6.07, 6.45) is -10.3. The molecule has 0 fully saturated rings. The minimum absolute atomic E-state index is 0.0853. The number of rotatable bonds is 6. The van der Waals surface area contributed by atoms with Crippen LogP contribution in [0.15, 0.2) is 48.5 Å². The first-order valence-electron chi connectivity index (χ1n) is 8.50. The molecule has 0 aliphatic carbocycles. The van der Waals surface area contributed by atoms with Crippen LogP contribution in [0.5, 0.6) is 0 Å². The van der Waals surface area contributed by atoms with Crippen molar-refractivity contribution in [2.24, 2.45) is 5.73 Å². The SMILES string of the molecule is CC(C)(CC(N)OCc1cc(C(F)(F)F)cc(C(F)(F)F)c1)c1ccccc1. The third kappa shape index (κ3) is 5.97. The molecule has 2 nitrogen and oxygen atoms in total. The van der Waals surface area contributed by atoms with Crippen LogP contribution in [0.25, 0.3) is 0 Å². The highest BCUT2D eigenvalue weighted by atomic mass is 19.4. The number of ether oxygens (including phenoxy) is 1. The molecule has 0 heterocycles. The Morgan fingerprint density at radius 2 is 1.32 bits per heavy atom. The average molecular weight is 405 g/mol. The van der Waals surface area contributed by atoms with E-state index in [4.69, 9.17) is 10.5 Å². The summed E-state index contributed by atoms with van der Waals surface area (Å²) in [5.74, 6) is 0. The van der Waals surface area contributed by atoms with Crippen LogP contribution in [0.4, 0.5) is 26.3 Å². The monoisotopic (exact) mass is 405 g/mol. The molecule has 0 aromatic heterocycles. The molecule has 2 rings (SSSR count). The molecule has 2 aromatic rings. The summed E-state index contributed by atoms with van der Waals surface area (Å²) >= 11 is 0. The lowest BCUT2D eigenvalue weighted by Crippen LogP contribution is -2.32. The molecular weight excluding hydrogens is 384 g/mol. The molecule has 1 unspecified atom stereocenters. The molecule has 8 heteroatoms. The van der Waals surface area contributed by atoms with Gasteiger partial charge in [0.1, 0.15) is 6.23 Å². The van der Waals surface area contributed by atoms with Gasteiger partial charge in [-0.15, -0.1) is 0 Å². The van der Waals surface area contributed by atoms with Crippen molar-refractivity contribution >= 4 is 0 Å². The summed E-state index contributed by atoms with van der Waals surface area (Å²) in [5.41, 5.74) is 3.54. The van der Waals surface area contributed by atoms with Crippen molar-refractivity contribution in [2.75, 3.05) is 0 Å². The van der Waals surface area contributed by atoms with E-state index in [0.29, 0.717) is 18.6 Å². The summed E-state index contributed by atoms with van der Waals surface area (Å²) in [7, 11) is 0. The summed E-state index contributed by atoms with van der Waals surface area (Å²) < 4.78 is 82.8. The zero-order valence-electron chi connectivity index (χ0n) is 15.4. The van der Waals surface area contributed by atoms with Gasteiger partial charge in [0, 0.05) is 0 Å². The maximum atomic E-state index is 12.9. The van der Waals surface area contributed by atoms with Gasteiger partial charge in [0.05, 0.1) is 17.7 Å². The standard InChI is InChI=1S/C20H21F6NO/c1-18(2,14-6-4-3-5-7-14)11-17(27)28-12-13-8-15(19(21,22)23)10-16(9-13)20(24,25)26/h3-10,17H,11-12,27H2,1-2H3. The molecule has 0 spiro atoms. The van der Waals surface area contributed by atoms with Crippen LogP contribution in [-0.4, -0.2) is 6.23 Å². The van der Waals surface area contributed by atoms with Crippen LogP contribution in [0.2, 0.25) is 0 Å². The molecule has 0 aliphatic rings. The lowest BCUT2D eigenvalue weighted by molar-refractivity contribution is -0.143. The number of alkyl halides is 6. The molecule has 2 aromatic carbocycles. The van der Waals surface area contributed by atoms with Gasteiger partial charge in [-0.3, -0.25) is 0 Å². The van der Waals surface area contributed by atoms with Gasteiger partial charge in [-0.1, -0.05) is 44.2 Å². The Balaban J connectivity index is 2.13. The first-order valence-corrected chi connectivity index (χ1v) is 8.50. The van der Waals surface area contributed by atoms with Gasteiger partial charge in [-0.2, -0.15) is 26.3 Å². The van der Waals surface area contributed by atoms with Crippen molar-refractivity contribution in [3.8, 4) is 0 Å². The quantitative estimate of drug-likeness (QED) is 0.480. The molecule has 0 saturated carbocycles. The van der Waals surface area contributed by atoms with Gasteiger partial charge >= 0.3 is 12.4 Å². The summed E-state index contributed by atoms with van der Waals surface area (Å²) in [6, 6.07) is 10.8. The van der Waals surface area contributed by atoms with Crippen molar-refractivity contribution < 1.29 is 31.1 Å². The second-order valence-electron chi connectivity index (χ2n) is 7.22. The normalized spacial score (nSPS) is 14.2. The fraction of sp³-hybridized carbons (Fsp3) is 0.400. The van der Waals surface area contributed by atoms with Gasteiger partial charge in [-0.25, -0.2) is 0 Å². The predicted octanol–water partition coefficient (Wildman–Crippen LogP) is 5.89. The lowest BCUT2D eigenvalue weighted by atomic mass is 9.81. The number of nitrogens with two attached hydrogens (primary N) is 1. The molecule has 0 radical (unpaired) electrons. The molecular formula is C20H21F6NO. The maximum absolute atomic E-state index is 12.9. The fourth-order valence-electron chi connectivity index (χ4n) is 2.88. The van der Waals surface area contributed by atoms with Crippen LogP contribution in [-0.2, 0) is 29.1 Å². The van der Waals surface area contributed by atoms with E-state index in [0.717, 1.165) is 5.56 Å². The van der Waals surface area contributed by atoms with E-state index in [1.165, 1.54) is 0 Å². The molecule has 0 bridgehead atoms. The predicted molar refractivity (Wildman–Crippen MR) is 93.3 cm³/mol. The van der Waals surface area contributed by atoms with E-state index in [9.17, 15) is 26.3 Å². The molecule has 154 valence electrons. The molecule has 28 heavy (non-hydrogen) atoms. The Bertz CT molecular complexity index is 751. The van der Waals surface area contributed by atoms with Crippen molar-refractivity contribution in [3.05, 3.63) is 70.8 Å². The van der Waals surface area contributed by atoms with Gasteiger partial charge < -0.3 is 10.5 Å². The Hall–Kier alpha value is -2.06. The summed E-state index contributed by atoms with van der Waals surface area (Å²) in [5, 5.41) is 0. The van der Waals surface area contributed by atoms with Crippen LogP contribution in [0.1, 0.15) is 42.5 Å². The largest absolute Gasteiger partial charge is 0.416 e. The number of hydrogen-bond acceptors (Lipinski definition) is 2. The van der Waals surface area contributed by atoms with Gasteiger partial charge in [-0.05, 0) is 41.2 Å². The molecule has 1 atom stereocenters. The van der Waals surface area contributed by atoms with Crippen molar-refractivity contribution in [2.45, 2.75) is 50.9 Å². The zero-order chi connectivity index (χ0) is 21.2. The third-order valence-corrected chi connectivity index (χ3v) is 4.38. The van der Waals surface area contributed by atoms with Crippen molar-refractivity contribution in [1.82, 2.24) is 0 Å². The van der Waals surface area contributed by atoms with Gasteiger partial charge in [0.2, 0.25) is 0 Å². The lowest BCUT2D eigenvalue weighted by Gasteiger charge is -2.28. The molecule has 0 aliphatic heterocycles. The van der Waals surface area contributed by atoms with E-state index in [-0.39, 0.29) is 17.0 Å². The number of hydrogen-bond donors (Lipinski definition) is 1. The molecule has 2 N–H and O–H groups in total. The number of halogens is 6. The average Bonchev–Trinajstić information content (AvgIpc) is 2.58. The zero-order valence-corrected chi connectivity index (χ0v) is 15.4. The Labute approximate surface area is 159 Å². The fourth-order valence-corrected chi connectivity index (χ4v) is 2.88. The Kier molecular flexibility index (Phi) is 6.45. The second-order valence-corrected chi connectivity index (χ2v) is 7.22. The smallest absolute Gasteiger partial charge is 0.359 e. The number of benzene rings is 2. The third-order valence-electron chi connectivity index (χ3n) is 4.38. The first-order chi connectivity index (χ1) is 12.8.